The van der Waals surface area contributed by atoms with Crippen LogP contribution in [0, 0.1) is 0 Å². The van der Waals surface area contributed by atoms with Gasteiger partial charge in [-0.15, -0.1) is 0 Å². The molecule has 0 saturated heterocycles. The zero-order valence-electron chi connectivity index (χ0n) is 34.1. The van der Waals surface area contributed by atoms with Crippen LogP contribution in [0.4, 0.5) is 0 Å². The molecule has 0 fully saturated rings. The maximum atomic E-state index is 11.4. The van der Waals surface area contributed by atoms with E-state index in [-0.39, 0.29) is 25.0 Å². The van der Waals surface area contributed by atoms with Crippen LogP contribution in [-0.4, -0.2) is 182 Å². The molecule has 2 amide bonds. The van der Waals surface area contributed by atoms with Crippen molar-refractivity contribution >= 4 is 11.8 Å². The van der Waals surface area contributed by atoms with Crippen molar-refractivity contribution in [1.82, 2.24) is 4.90 Å². The van der Waals surface area contributed by atoms with Gasteiger partial charge in [-0.1, -0.05) is 64.7 Å². The molecule has 0 radical (unpaired) electrons. The molecular weight excluding hydrogens is 718 g/mol. The number of rotatable bonds is 47. The third kappa shape index (κ3) is 37.7. The van der Waals surface area contributed by atoms with Gasteiger partial charge in [-0.25, -0.2) is 0 Å². The summed E-state index contributed by atoms with van der Waals surface area (Å²) >= 11 is 0. The highest BCUT2D eigenvalue weighted by molar-refractivity contribution is 6.12. The number of carbonyl (C=O) groups is 2. The van der Waals surface area contributed by atoms with Gasteiger partial charge in [0.1, 0.15) is 0 Å². The van der Waals surface area contributed by atoms with Gasteiger partial charge in [0.05, 0.1) is 159 Å². The first-order chi connectivity index (χ1) is 27.3. The van der Waals surface area contributed by atoms with Crippen LogP contribution >= 0.6 is 0 Å². The van der Waals surface area contributed by atoms with E-state index in [1.807, 2.05) is 0 Å². The second-order valence-corrected chi connectivity index (χ2v) is 12.7. The number of amides is 2. The van der Waals surface area contributed by atoms with Gasteiger partial charge in [0.25, 0.3) is 11.8 Å². The molecule has 324 valence electrons. The zero-order valence-corrected chi connectivity index (χ0v) is 34.1. The van der Waals surface area contributed by atoms with Crippen LogP contribution in [0.1, 0.15) is 71.1 Å². The average Bonchev–Trinajstić information content (AvgIpc) is 3.51. The van der Waals surface area contributed by atoms with Crippen LogP contribution in [0.2, 0.25) is 0 Å². The summed E-state index contributed by atoms with van der Waals surface area (Å²) < 4.78 is 65.9. The van der Waals surface area contributed by atoms with Gasteiger partial charge < -0.3 is 56.8 Å². The van der Waals surface area contributed by atoms with E-state index >= 15 is 0 Å². The number of hydrogen-bond acceptors (Lipinski definition) is 14. The molecule has 0 aromatic carbocycles. The molecular formula is C40H75NO14. The minimum Gasteiger partial charge on any atom is -0.379 e. The van der Waals surface area contributed by atoms with E-state index in [1.54, 1.807) is 0 Å². The van der Waals surface area contributed by atoms with Crippen molar-refractivity contribution in [2.75, 3.05) is 165 Å². The lowest BCUT2D eigenvalue weighted by Gasteiger charge is -2.13. The predicted octanol–water partition coefficient (Wildman–Crippen LogP) is 4.03. The summed E-state index contributed by atoms with van der Waals surface area (Å²) in [5, 5.41) is 0. The Bertz CT molecular complexity index is 835. The molecule has 0 aliphatic carbocycles. The quantitative estimate of drug-likeness (QED) is 0.0645. The normalized spacial score (nSPS) is 12.9. The summed E-state index contributed by atoms with van der Waals surface area (Å²) in [6.45, 7) is 14.6. The van der Waals surface area contributed by atoms with Gasteiger partial charge >= 0.3 is 0 Å². The number of unbranched alkanes of at least 4 members (excludes halogenated alkanes) is 9. The van der Waals surface area contributed by atoms with Crippen molar-refractivity contribution < 1.29 is 66.4 Å². The van der Waals surface area contributed by atoms with Crippen LogP contribution < -0.4 is 0 Å². The van der Waals surface area contributed by atoms with Gasteiger partial charge in [-0.2, -0.15) is 0 Å². The van der Waals surface area contributed by atoms with Crippen LogP contribution in [0.3, 0.4) is 0 Å². The van der Waals surface area contributed by atoms with Crippen molar-refractivity contribution in [2.24, 2.45) is 0 Å². The van der Waals surface area contributed by atoms with E-state index < -0.39 is 0 Å². The Morgan fingerprint density at radius 1 is 0.309 bits per heavy atom. The smallest absolute Gasteiger partial charge is 0.253 e. The topological polar surface area (TPSA) is 148 Å². The fourth-order valence-electron chi connectivity index (χ4n) is 5.02. The van der Waals surface area contributed by atoms with Gasteiger partial charge in [-0.05, 0) is 6.42 Å². The molecule has 0 aromatic rings. The first-order valence-corrected chi connectivity index (χ1v) is 20.7. The zero-order chi connectivity index (χ0) is 39.4. The molecule has 1 heterocycles. The van der Waals surface area contributed by atoms with Crippen molar-refractivity contribution in [2.45, 2.75) is 71.1 Å². The van der Waals surface area contributed by atoms with E-state index in [9.17, 15) is 9.59 Å². The van der Waals surface area contributed by atoms with Gasteiger partial charge in [0, 0.05) is 18.8 Å². The third-order valence-electron chi connectivity index (χ3n) is 8.09. The fourth-order valence-corrected chi connectivity index (χ4v) is 5.02. The van der Waals surface area contributed by atoms with Crippen LogP contribution in [0.25, 0.3) is 0 Å². The Hall–Kier alpha value is -1.60. The standard InChI is InChI=1S/C40H75NO14/c1-2-3-4-5-6-7-8-9-10-11-15-44-17-19-46-21-23-48-25-27-50-29-31-52-33-35-54-37-38-55-36-34-53-32-30-51-28-26-49-24-22-47-20-18-45-16-14-41-39(42)12-13-40(41)43/h12-13H,2-11,14-38H2,1H3. The lowest BCUT2D eigenvalue weighted by molar-refractivity contribution is -0.137. The molecule has 0 atom stereocenters. The first kappa shape index (κ1) is 51.4. The lowest BCUT2D eigenvalue weighted by atomic mass is 10.1. The second-order valence-electron chi connectivity index (χ2n) is 12.7. The van der Waals surface area contributed by atoms with Crippen LogP contribution in [-0.2, 0) is 66.4 Å². The maximum absolute atomic E-state index is 11.4. The van der Waals surface area contributed by atoms with Crippen LogP contribution in [0.5, 0.6) is 0 Å². The molecule has 15 nitrogen and oxygen atoms in total. The predicted molar refractivity (Wildman–Crippen MR) is 208 cm³/mol. The second kappa shape index (κ2) is 43.5. The Morgan fingerprint density at radius 2 is 0.527 bits per heavy atom. The molecule has 0 spiro atoms. The van der Waals surface area contributed by atoms with E-state index in [0.29, 0.717) is 145 Å². The fraction of sp³-hybridized carbons (Fsp3) is 0.900. The lowest BCUT2D eigenvalue weighted by Crippen LogP contribution is -2.33. The SMILES string of the molecule is CCCCCCCCCCCCOCCOCCOCCOCCOCCOCCOCCOCCOCCOCCOCCOCCN1C(=O)C=CC1=O. The van der Waals surface area contributed by atoms with E-state index in [0.717, 1.165) is 17.9 Å². The molecule has 0 unspecified atom stereocenters. The number of hydrogen-bond donors (Lipinski definition) is 0. The molecule has 1 rings (SSSR count). The highest BCUT2D eigenvalue weighted by Gasteiger charge is 2.22. The molecule has 0 aromatic heterocycles. The Labute approximate surface area is 331 Å². The average molecular weight is 794 g/mol. The monoisotopic (exact) mass is 794 g/mol. The van der Waals surface area contributed by atoms with E-state index in [2.05, 4.69) is 6.92 Å². The highest BCUT2D eigenvalue weighted by atomic mass is 16.6. The summed E-state index contributed by atoms with van der Waals surface area (Å²) in [6.07, 6.45) is 15.9. The molecule has 0 bridgehead atoms. The summed E-state index contributed by atoms with van der Waals surface area (Å²) in [5.74, 6) is -0.611. The van der Waals surface area contributed by atoms with Crippen molar-refractivity contribution in [3.8, 4) is 0 Å². The van der Waals surface area contributed by atoms with E-state index in [4.69, 9.17) is 56.8 Å². The van der Waals surface area contributed by atoms with Crippen molar-refractivity contribution in [1.29, 1.82) is 0 Å². The number of ether oxygens (including phenoxy) is 12. The summed E-state index contributed by atoms with van der Waals surface area (Å²) in [4.78, 5) is 24.0. The number of carbonyl (C=O) groups excluding carboxylic acids is 2. The molecule has 55 heavy (non-hydrogen) atoms. The largest absolute Gasteiger partial charge is 0.379 e. The number of nitrogens with zero attached hydrogens (tertiary/aromatic N) is 1. The maximum Gasteiger partial charge on any atom is 0.253 e. The molecule has 1 aliphatic rings. The first-order valence-electron chi connectivity index (χ1n) is 20.7. The minimum absolute atomic E-state index is 0.240. The summed E-state index contributed by atoms with van der Waals surface area (Å²) in [6, 6.07) is 0. The third-order valence-corrected chi connectivity index (χ3v) is 8.09. The van der Waals surface area contributed by atoms with E-state index in [1.165, 1.54) is 69.9 Å². The summed E-state index contributed by atoms with van der Waals surface area (Å²) in [7, 11) is 0. The molecule has 1 aliphatic heterocycles. The highest BCUT2D eigenvalue weighted by Crippen LogP contribution is 2.10. The van der Waals surface area contributed by atoms with Crippen molar-refractivity contribution in [3.05, 3.63) is 12.2 Å². The van der Waals surface area contributed by atoms with Gasteiger partial charge in [-0.3, -0.25) is 14.5 Å². The Balaban J connectivity index is 1.60. The number of imide groups is 1. The molecule has 0 saturated carbocycles. The van der Waals surface area contributed by atoms with Crippen LogP contribution in [0.15, 0.2) is 12.2 Å². The summed E-state index contributed by atoms with van der Waals surface area (Å²) in [5.41, 5.74) is 0. The molecule has 15 heteroatoms. The van der Waals surface area contributed by atoms with Crippen molar-refractivity contribution in [3.63, 3.8) is 0 Å². The Kier molecular flexibility index (Phi) is 40.7. The molecule has 0 N–H and O–H groups in total. The van der Waals surface area contributed by atoms with Gasteiger partial charge in [0.15, 0.2) is 0 Å². The Morgan fingerprint density at radius 3 is 0.800 bits per heavy atom. The van der Waals surface area contributed by atoms with Gasteiger partial charge in [0.2, 0.25) is 0 Å². The minimum atomic E-state index is -0.305.